The first kappa shape index (κ1) is 23.9. The van der Waals surface area contributed by atoms with Gasteiger partial charge in [0.1, 0.15) is 0 Å². The van der Waals surface area contributed by atoms with Crippen molar-refractivity contribution in [1.82, 2.24) is 4.90 Å². The van der Waals surface area contributed by atoms with Crippen LogP contribution in [0.4, 0.5) is 0 Å². The van der Waals surface area contributed by atoms with Crippen LogP contribution in [0.3, 0.4) is 0 Å². The second kappa shape index (κ2) is 14.9. The first-order valence-corrected chi connectivity index (χ1v) is 11.6. The molecule has 0 saturated carbocycles. The molecule has 0 aromatic heterocycles. The van der Waals surface area contributed by atoms with Crippen LogP contribution in [0, 0.1) is 0 Å². The van der Waals surface area contributed by atoms with Crippen molar-refractivity contribution in [2.75, 3.05) is 0 Å². The van der Waals surface area contributed by atoms with Gasteiger partial charge in [0.25, 0.3) is 0 Å². The summed E-state index contributed by atoms with van der Waals surface area (Å²) in [5, 5.41) is 0. The number of hydrogen-bond donors (Lipinski definition) is 0. The summed E-state index contributed by atoms with van der Waals surface area (Å²) in [6.45, 7) is 6.45. The average molecular weight is 378 g/mol. The van der Waals surface area contributed by atoms with Crippen molar-refractivity contribution in [3.63, 3.8) is 0 Å². The number of amides is 2. The van der Waals surface area contributed by atoms with E-state index in [0.717, 1.165) is 19.3 Å². The van der Waals surface area contributed by atoms with Gasteiger partial charge in [-0.2, -0.15) is 0 Å². The van der Waals surface area contributed by atoms with Crippen LogP contribution in [0.5, 0.6) is 0 Å². The number of carbonyl (C=O) groups is 2. The third-order valence-corrected chi connectivity index (χ3v) is 5.78. The lowest BCUT2D eigenvalue weighted by molar-refractivity contribution is -0.140. The molecular formula is C24H43NO2. The van der Waals surface area contributed by atoms with Gasteiger partial charge in [0, 0.05) is 12.8 Å². The molecule has 0 spiro atoms. The lowest BCUT2D eigenvalue weighted by atomic mass is 9.98. The van der Waals surface area contributed by atoms with Crippen molar-refractivity contribution in [2.45, 2.75) is 130 Å². The van der Waals surface area contributed by atoms with E-state index in [1.165, 1.54) is 76.2 Å². The van der Waals surface area contributed by atoms with Crippen molar-refractivity contribution in [1.29, 1.82) is 0 Å². The highest BCUT2D eigenvalue weighted by atomic mass is 16.2. The van der Waals surface area contributed by atoms with E-state index in [-0.39, 0.29) is 17.9 Å². The molecule has 1 unspecified atom stereocenters. The molecule has 3 heteroatoms. The minimum absolute atomic E-state index is 0.00410. The number of hydrogen-bond acceptors (Lipinski definition) is 2. The summed E-state index contributed by atoms with van der Waals surface area (Å²) in [4.78, 5) is 25.8. The number of allylic oxidation sites excluding steroid dienone is 1. The lowest BCUT2D eigenvalue weighted by Gasteiger charge is -2.27. The highest BCUT2D eigenvalue weighted by Gasteiger charge is 2.35. The number of carbonyl (C=O) groups excluding carboxylic acids is 2. The molecule has 0 aliphatic carbocycles. The third-order valence-electron chi connectivity index (χ3n) is 5.78. The standard InChI is InChI=1S/C24H43NO2/c1-4-6-7-8-9-10-11-12-13-14-15-16-18-22(21(3)17-5-2)25-23(26)19-20-24(25)27/h17,22H,4-16,18-20H2,1-3H3. The van der Waals surface area contributed by atoms with Gasteiger partial charge >= 0.3 is 0 Å². The molecule has 3 nitrogen and oxygen atoms in total. The Morgan fingerprint density at radius 2 is 1.26 bits per heavy atom. The highest BCUT2D eigenvalue weighted by Crippen LogP contribution is 2.25. The van der Waals surface area contributed by atoms with Crippen LogP contribution in [-0.2, 0) is 9.59 Å². The van der Waals surface area contributed by atoms with Crippen molar-refractivity contribution in [3.8, 4) is 0 Å². The van der Waals surface area contributed by atoms with E-state index in [9.17, 15) is 9.59 Å². The van der Waals surface area contributed by atoms with Gasteiger partial charge in [0.05, 0.1) is 6.04 Å². The fourth-order valence-electron chi connectivity index (χ4n) is 4.14. The largest absolute Gasteiger partial charge is 0.275 e. The summed E-state index contributed by atoms with van der Waals surface area (Å²) in [5.41, 5.74) is 1.18. The topological polar surface area (TPSA) is 37.4 Å². The quantitative estimate of drug-likeness (QED) is 0.166. The maximum atomic E-state index is 12.1. The summed E-state index contributed by atoms with van der Waals surface area (Å²) in [6, 6.07) is -0.00410. The van der Waals surface area contributed by atoms with E-state index in [2.05, 4.69) is 26.8 Å². The molecular weight excluding hydrogens is 334 g/mol. The van der Waals surface area contributed by atoms with Gasteiger partial charge < -0.3 is 0 Å². The SMILES string of the molecule is CCC=C(C)C(CCCCCCCCCCCCCC)N1C(=O)CCC1=O. The molecule has 27 heavy (non-hydrogen) atoms. The Morgan fingerprint density at radius 3 is 1.70 bits per heavy atom. The van der Waals surface area contributed by atoms with Gasteiger partial charge in [0.2, 0.25) is 11.8 Å². The monoisotopic (exact) mass is 377 g/mol. The molecule has 1 rings (SSSR count). The van der Waals surface area contributed by atoms with Gasteiger partial charge in [0.15, 0.2) is 0 Å². The highest BCUT2D eigenvalue weighted by molar-refractivity contribution is 6.02. The summed E-state index contributed by atoms with van der Waals surface area (Å²) in [6.07, 6.45) is 20.8. The van der Waals surface area contributed by atoms with Crippen LogP contribution in [0.1, 0.15) is 124 Å². The fourth-order valence-corrected chi connectivity index (χ4v) is 4.14. The first-order valence-electron chi connectivity index (χ1n) is 11.6. The Balaban J connectivity index is 2.18. The zero-order valence-electron chi connectivity index (χ0n) is 18.2. The van der Waals surface area contributed by atoms with Gasteiger partial charge in [-0.15, -0.1) is 0 Å². The van der Waals surface area contributed by atoms with E-state index >= 15 is 0 Å². The van der Waals surface area contributed by atoms with Crippen molar-refractivity contribution < 1.29 is 9.59 Å². The van der Waals surface area contributed by atoms with E-state index in [4.69, 9.17) is 0 Å². The smallest absolute Gasteiger partial charge is 0.230 e. The first-order chi connectivity index (χ1) is 13.1. The minimum atomic E-state index is -0.00410. The van der Waals surface area contributed by atoms with Crippen LogP contribution in [-0.4, -0.2) is 22.8 Å². The normalized spacial score (nSPS) is 16.4. The van der Waals surface area contributed by atoms with Crippen LogP contribution < -0.4 is 0 Å². The van der Waals surface area contributed by atoms with E-state index in [0.29, 0.717) is 12.8 Å². The number of nitrogens with zero attached hydrogens (tertiary/aromatic N) is 1. The van der Waals surface area contributed by atoms with Crippen LogP contribution in [0.2, 0.25) is 0 Å². The zero-order chi connectivity index (χ0) is 19.9. The molecule has 0 N–H and O–H groups in total. The molecule has 0 aromatic carbocycles. The van der Waals surface area contributed by atoms with Crippen molar-refractivity contribution >= 4 is 11.8 Å². The van der Waals surface area contributed by atoms with E-state index in [1.54, 1.807) is 4.90 Å². The van der Waals surface area contributed by atoms with Gasteiger partial charge in [-0.1, -0.05) is 103 Å². The molecule has 1 aliphatic rings. The maximum Gasteiger partial charge on any atom is 0.230 e. The molecule has 1 fully saturated rings. The third kappa shape index (κ3) is 9.58. The van der Waals surface area contributed by atoms with E-state index < -0.39 is 0 Å². The average Bonchev–Trinajstić information content (AvgIpc) is 2.98. The second-order valence-corrected chi connectivity index (χ2v) is 8.21. The van der Waals surface area contributed by atoms with Crippen LogP contribution in [0.25, 0.3) is 0 Å². The molecule has 1 atom stereocenters. The minimum Gasteiger partial charge on any atom is -0.275 e. The lowest BCUT2D eigenvalue weighted by Crippen LogP contribution is -2.40. The Kier molecular flexibility index (Phi) is 13.2. The maximum absolute atomic E-state index is 12.1. The Hall–Kier alpha value is -1.12. The van der Waals surface area contributed by atoms with Crippen molar-refractivity contribution in [2.24, 2.45) is 0 Å². The van der Waals surface area contributed by atoms with Crippen LogP contribution >= 0.6 is 0 Å². The van der Waals surface area contributed by atoms with Gasteiger partial charge in [-0.25, -0.2) is 0 Å². The second-order valence-electron chi connectivity index (χ2n) is 8.21. The number of rotatable bonds is 16. The van der Waals surface area contributed by atoms with Crippen LogP contribution in [0.15, 0.2) is 11.6 Å². The van der Waals surface area contributed by atoms with E-state index in [1.807, 2.05) is 0 Å². The number of imide groups is 1. The molecule has 156 valence electrons. The summed E-state index contributed by atoms with van der Waals surface area (Å²) in [7, 11) is 0. The van der Waals surface area contributed by atoms with Gasteiger partial charge in [-0.3, -0.25) is 14.5 Å². The molecule has 0 bridgehead atoms. The number of likely N-dealkylation sites (tertiary alicyclic amines) is 1. The Bertz CT molecular complexity index is 439. The molecule has 1 aliphatic heterocycles. The predicted octanol–water partition coefficient (Wildman–Crippen LogP) is 6.95. The predicted molar refractivity (Wildman–Crippen MR) is 115 cm³/mol. The molecule has 0 aromatic rings. The summed E-state index contributed by atoms with van der Waals surface area (Å²) in [5.74, 6) is 0.0422. The Labute approximate surface area is 168 Å². The number of unbranched alkanes of at least 4 members (excludes halogenated alkanes) is 11. The van der Waals surface area contributed by atoms with Crippen molar-refractivity contribution in [3.05, 3.63) is 11.6 Å². The zero-order valence-corrected chi connectivity index (χ0v) is 18.2. The van der Waals surface area contributed by atoms with Gasteiger partial charge in [-0.05, 0) is 19.8 Å². The Morgan fingerprint density at radius 1 is 0.815 bits per heavy atom. The summed E-state index contributed by atoms with van der Waals surface area (Å²) >= 11 is 0. The molecule has 1 heterocycles. The summed E-state index contributed by atoms with van der Waals surface area (Å²) < 4.78 is 0. The molecule has 0 radical (unpaired) electrons. The molecule has 2 amide bonds. The molecule has 1 saturated heterocycles. The fraction of sp³-hybridized carbons (Fsp3) is 0.833.